The maximum Gasteiger partial charge on any atom is 0.343 e. The number of benzene rings is 3. The summed E-state index contributed by atoms with van der Waals surface area (Å²) in [5.41, 5.74) is 2.55. The number of unbranched alkanes of at least 4 members (excludes halogenated alkanes) is 2. The minimum atomic E-state index is -1.13. The van der Waals surface area contributed by atoms with Gasteiger partial charge in [-0.05, 0) is 91.3 Å². The molecule has 0 saturated heterocycles. The lowest BCUT2D eigenvalue weighted by Crippen LogP contribution is -2.15. The van der Waals surface area contributed by atoms with E-state index in [2.05, 4.69) is 13.8 Å². The normalized spacial score (nSPS) is 17.4. The van der Waals surface area contributed by atoms with Gasteiger partial charge in [-0.1, -0.05) is 69.9 Å². The molecule has 202 valence electrons. The molecule has 2 nitrogen and oxygen atoms in total. The van der Waals surface area contributed by atoms with Gasteiger partial charge < -0.3 is 4.74 Å². The zero-order valence-electron chi connectivity index (χ0n) is 22.4. The van der Waals surface area contributed by atoms with E-state index in [0.29, 0.717) is 22.6 Å². The molecule has 1 fully saturated rings. The van der Waals surface area contributed by atoms with Crippen LogP contribution in [0.25, 0.3) is 11.1 Å². The van der Waals surface area contributed by atoms with E-state index in [1.807, 2.05) is 6.07 Å². The summed E-state index contributed by atoms with van der Waals surface area (Å²) >= 11 is 0. The van der Waals surface area contributed by atoms with Gasteiger partial charge in [0.15, 0.2) is 11.6 Å². The van der Waals surface area contributed by atoms with E-state index in [1.165, 1.54) is 24.6 Å². The summed E-state index contributed by atoms with van der Waals surface area (Å²) in [7, 11) is 0. The van der Waals surface area contributed by atoms with Crippen LogP contribution in [0.5, 0.6) is 5.75 Å². The van der Waals surface area contributed by atoms with Gasteiger partial charge in [0.05, 0.1) is 5.56 Å². The van der Waals surface area contributed by atoms with Crippen LogP contribution in [0, 0.1) is 23.4 Å². The molecule has 3 aromatic carbocycles. The zero-order valence-corrected chi connectivity index (χ0v) is 22.4. The fourth-order valence-corrected chi connectivity index (χ4v) is 5.58. The lowest BCUT2D eigenvalue weighted by Gasteiger charge is -2.29. The maximum atomic E-state index is 14.9. The first-order valence-electron chi connectivity index (χ1n) is 14.0. The number of carbonyl (C=O) groups excluding carboxylic acids is 1. The van der Waals surface area contributed by atoms with Gasteiger partial charge in [0.2, 0.25) is 5.82 Å². The molecule has 5 heteroatoms. The Morgan fingerprint density at radius 2 is 1.58 bits per heavy atom. The van der Waals surface area contributed by atoms with E-state index in [1.54, 1.807) is 30.3 Å². The third-order valence-corrected chi connectivity index (χ3v) is 7.80. The summed E-state index contributed by atoms with van der Waals surface area (Å²) < 4.78 is 49.7. The monoisotopic (exact) mass is 522 g/mol. The van der Waals surface area contributed by atoms with E-state index in [4.69, 9.17) is 4.74 Å². The van der Waals surface area contributed by atoms with Crippen LogP contribution in [0.3, 0.4) is 0 Å². The number of hydrogen-bond donors (Lipinski definition) is 0. The first kappa shape index (κ1) is 27.9. The summed E-state index contributed by atoms with van der Waals surface area (Å²) in [5, 5.41) is 0. The lowest BCUT2D eigenvalue weighted by atomic mass is 9.77. The summed E-state index contributed by atoms with van der Waals surface area (Å²) in [5.74, 6) is -2.95. The van der Waals surface area contributed by atoms with E-state index in [0.717, 1.165) is 63.4 Å². The molecule has 0 atom stereocenters. The molecule has 0 amide bonds. The Labute approximate surface area is 224 Å². The van der Waals surface area contributed by atoms with Crippen LogP contribution < -0.4 is 4.74 Å². The Morgan fingerprint density at radius 1 is 0.842 bits per heavy atom. The molecule has 3 aromatic rings. The Bertz CT molecular complexity index is 1230. The van der Waals surface area contributed by atoms with Crippen LogP contribution in [0.15, 0.2) is 54.6 Å². The molecular formula is C33H37F3O2. The molecule has 0 aromatic heterocycles. The molecular weight excluding hydrogens is 485 g/mol. The van der Waals surface area contributed by atoms with Gasteiger partial charge in [-0.3, -0.25) is 0 Å². The predicted molar refractivity (Wildman–Crippen MR) is 146 cm³/mol. The highest BCUT2D eigenvalue weighted by Gasteiger charge is 2.27. The van der Waals surface area contributed by atoms with Crippen molar-refractivity contribution in [2.24, 2.45) is 5.92 Å². The van der Waals surface area contributed by atoms with E-state index in [-0.39, 0.29) is 17.3 Å². The van der Waals surface area contributed by atoms with Crippen LogP contribution in [-0.2, 0) is 6.42 Å². The second-order valence-corrected chi connectivity index (χ2v) is 10.5. The smallest absolute Gasteiger partial charge is 0.343 e. The average molecular weight is 523 g/mol. The van der Waals surface area contributed by atoms with E-state index in [9.17, 15) is 18.0 Å². The molecule has 38 heavy (non-hydrogen) atoms. The fraction of sp³-hybridized carbons (Fsp3) is 0.424. The third-order valence-electron chi connectivity index (χ3n) is 7.80. The average Bonchev–Trinajstić information content (AvgIpc) is 2.92. The van der Waals surface area contributed by atoms with Crippen molar-refractivity contribution in [2.75, 3.05) is 0 Å². The molecule has 0 spiro atoms. The van der Waals surface area contributed by atoms with Crippen LogP contribution in [0.2, 0.25) is 0 Å². The first-order chi connectivity index (χ1) is 18.4. The Morgan fingerprint density at radius 3 is 2.24 bits per heavy atom. The van der Waals surface area contributed by atoms with Gasteiger partial charge in [-0.25, -0.2) is 13.6 Å². The second kappa shape index (κ2) is 13.1. The third kappa shape index (κ3) is 6.67. The highest BCUT2D eigenvalue weighted by atomic mass is 19.2. The summed E-state index contributed by atoms with van der Waals surface area (Å²) in [4.78, 5) is 12.7. The van der Waals surface area contributed by atoms with Gasteiger partial charge in [0.25, 0.3) is 0 Å². The Hall–Kier alpha value is -3.08. The molecule has 0 aliphatic heterocycles. The summed E-state index contributed by atoms with van der Waals surface area (Å²) in [6.07, 6.45) is 10.2. The number of rotatable bonds is 10. The number of halogens is 3. The predicted octanol–water partition coefficient (Wildman–Crippen LogP) is 9.80. The largest absolute Gasteiger partial charge is 0.420 e. The maximum absolute atomic E-state index is 14.9. The highest BCUT2D eigenvalue weighted by molar-refractivity contribution is 5.91. The summed E-state index contributed by atoms with van der Waals surface area (Å²) in [6, 6.07) is 14.4. The van der Waals surface area contributed by atoms with Gasteiger partial charge >= 0.3 is 5.97 Å². The minimum Gasteiger partial charge on any atom is -0.420 e. The molecule has 0 radical (unpaired) electrons. The molecule has 0 bridgehead atoms. The fourth-order valence-electron chi connectivity index (χ4n) is 5.58. The van der Waals surface area contributed by atoms with E-state index >= 15 is 0 Å². The lowest BCUT2D eigenvalue weighted by molar-refractivity contribution is 0.0726. The minimum absolute atomic E-state index is 0.0132. The van der Waals surface area contributed by atoms with Gasteiger partial charge in [0.1, 0.15) is 5.82 Å². The van der Waals surface area contributed by atoms with Gasteiger partial charge in [0, 0.05) is 5.56 Å². The highest BCUT2D eigenvalue weighted by Crippen LogP contribution is 2.40. The number of carbonyl (C=O) groups is 1. The standard InChI is InChI=1S/C33H37F3O2/c1-3-5-6-8-23-11-18-27(29(34)21-23)24-14-16-26(17-15-24)33(37)38-30-20-19-28(31(35)32(30)36)25-12-9-22(7-4-2)10-13-25/h11,14-22,25H,3-10,12-13H2,1-2H3. The first-order valence-corrected chi connectivity index (χ1v) is 14.0. The zero-order chi connectivity index (χ0) is 27.1. The SMILES string of the molecule is CCCCCc1ccc(-c2ccc(C(=O)Oc3ccc(C4CCC(CCC)CC4)c(F)c3F)cc2)c(F)c1. The summed E-state index contributed by atoms with van der Waals surface area (Å²) in [6.45, 7) is 4.30. The molecule has 0 N–H and O–H groups in total. The molecule has 0 unspecified atom stereocenters. The molecule has 1 aliphatic rings. The van der Waals surface area contributed by atoms with Crippen LogP contribution in [-0.4, -0.2) is 5.97 Å². The van der Waals surface area contributed by atoms with Crippen molar-refractivity contribution in [3.05, 3.63) is 88.7 Å². The molecule has 0 heterocycles. The van der Waals surface area contributed by atoms with Crippen molar-refractivity contribution in [2.45, 2.75) is 84.0 Å². The van der Waals surface area contributed by atoms with Gasteiger partial charge in [-0.2, -0.15) is 4.39 Å². The second-order valence-electron chi connectivity index (χ2n) is 10.5. The number of aryl methyl sites for hydroxylation is 1. The van der Waals surface area contributed by atoms with Crippen LogP contribution in [0.4, 0.5) is 13.2 Å². The van der Waals surface area contributed by atoms with Crippen molar-refractivity contribution < 1.29 is 22.7 Å². The molecule has 4 rings (SSSR count). The quantitative estimate of drug-likeness (QED) is 0.150. The van der Waals surface area contributed by atoms with Crippen molar-refractivity contribution >= 4 is 5.97 Å². The molecule has 1 aliphatic carbocycles. The topological polar surface area (TPSA) is 26.3 Å². The number of esters is 1. The van der Waals surface area contributed by atoms with Gasteiger partial charge in [-0.15, -0.1) is 0 Å². The van der Waals surface area contributed by atoms with Crippen molar-refractivity contribution in [1.29, 1.82) is 0 Å². The Balaban J connectivity index is 1.41. The number of hydrogen-bond acceptors (Lipinski definition) is 2. The van der Waals surface area contributed by atoms with Crippen molar-refractivity contribution in [3.63, 3.8) is 0 Å². The van der Waals surface area contributed by atoms with Crippen molar-refractivity contribution in [3.8, 4) is 16.9 Å². The van der Waals surface area contributed by atoms with Crippen molar-refractivity contribution in [1.82, 2.24) is 0 Å². The van der Waals surface area contributed by atoms with E-state index < -0.39 is 23.4 Å². The number of ether oxygens (including phenoxy) is 1. The Kier molecular flexibility index (Phi) is 9.65. The van der Waals surface area contributed by atoms with Crippen LogP contribution in [0.1, 0.15) is 99.0 Å². The molecule has 1 saturated carbocycles. The van der Waals surface area contributed by atoms with Crippen LogP contribution >= 0.6 is 0 Å².